The van der Waals surface area contributed by atoms with Crippen molar-refractivity contribution in [3.05, 3.63) is 107 Å². The lowest BCUT2D eigenvalue weighted by Crippen LogP contribution is -1.90. The van der Waals surface area contributed by atoms with Crippen molar-refractivity contribution in [1.29, 1.82) is 0 Å². The average molecular weight is 311 g/mol. The van der Waals surface area contributed by atoms with E-state index in [0.717, 1.165) is 11.3 Å². The zero-order valence-electron chi connectivity index (χ0n) is 13.8. The quantitative estimate of drug-likeness (QED) is 0.549. The van der Waals surface area contributed by atoms with Gasteiger partial charge in [0.25, 0.3) is 0 Å². The lowest BCUT2D eigenvalue weighted by atomic mass is 10.1. The number of benzene rings is 3. The molecule has 3 aromatic rings. The molecule has 0 aliphatic carbocycles. The van der Waals surface area contributed by atoms with Crippen molar-refractivity contribution in [3.63, 3.8) is 0 Å². The van der Waals surface area contributed by atoms with Crippen molar-refractivity contribution in [3.8, 4) is 0 Å². The van der Waals surface area contributed by atoms with E-state index in [4.69, 9.17) is 0 Å². The molecule has 3 aromatic carbocycles. The first-order valence-electron chi connectivity index (χ1n) is 8.13. The Hall–Kier alpha value is -3.06. The molecule has 118 valence electrons. The molecule has 0 unspecified atom stereocenters. The molecule has 24 heavy (non-hydrogen) atoms. The maximum atomic E-state index is 3.39. The van der Waals surface area contributed by atoms with Crippen LogP contribution in [0.25, 0.3) is 18.2 Å². The average Bonchev–Trinajstić information content (AvgIpc) is 2.62. The second kappa shape index (κ2) is 7.98. The van der Waals surface area contributed by atoms with E-state index in [-0.39, 0.29) is 0 Å². The highest BCUT2D eigenvalue weighted by atomic mass is 14.8. The Morgan fingerprint density at radius 3 is 2.25 bits per heavy atom. The largest absolute Gasteiger partial charge is 0.361 e. The highest BCUT2D eigenvalue weighted by Gasteiger charge is 1.96. The van der Waals surface area contributed by atoms with Gasteiger partial charge in [0.1, 0.15) is 0 Å². The molecule has 0 heterocycles. The van der Waals surface area contributed by atoms with E-state index in [0.29, 0.717) is 0 Å². The Bertz CT molecular complexity index is 845. The number of rotatable bonds is 5. The first kappa shape index (κ1) is 15.8. The van der Waals surface area contributed by atoms with Crippen molar-refractivity contribution < 1.29 is 0 Å². The Labute approximate surface area is 144 Å². The van der Waals surface area contributed by atoms with E-state index in [9.17, 15) is 0 Å². The van der Waals surface area contributed by atoms with Gasteiger partial charge in [0.05, 0.1) is 0 Å². The van der Waals surface area contributed by atoms with Crippen molar-refractivity contribution in [1.82, 2.24) is 0 Å². The van der Waals surface area contributed by atoms with Gasteiger partial charge in [-0.05, 0) is 35.8 Å². The SMILES string of the molecule is Cc1cccc(C=CNc2ccccc2C=Cc2ccccc2)c1. The first-order valence-corrected chi connectivity index (χ1v) is 8.13. The van der Waals surface area contributed by atoms with Crippen molar-refractivity contribution >= 4 is 23.9 Å². The molecule has 1 nitrogen and oxygen atoms in total. The van der Waals surface area contributed by atoms with Crippen LogP contribution in [0, 0.1) is 6.92 Å². The number of hydrogen-bond acceptors (Lipinski definition) is 1. The Kier molecular flexibility index (Phi) is 5.26. The molecule has 1 heteroatoms. The molecule has 3 rings (SSSR count). The maximum absolute atomic E-state index is 3.39. The molecule has 0 spiro atoms. The molecule has 0 bridgehead atoms. The summed E-state index contributed by atoms with van der Waals surface area (Å²) in [7, 11) is 0. The van der Waals surface area contributed by atoms with Gasteiger partial charge in [0.15, 0.2) is 0 Å². The molecule has 0 aliphatic heterocycles. The third kappa shape index (κ3) is 4.47. The van der Waals surface area contributed by atoms with E-state index in [1.165, 1.54) is 16.7 Å². The molecular formula is C23H21N. The minimum atomic E-state index is 1.09. The summed E-state index contributed by atoms with van der Waals surface area (Å²) in [5.74, 6) is 0. The fourth-order valence-corrected chi connectivity index (χ4v) is 2.53. The third-order valence-electron chi connectivity index (χ3n) is 3.77. The zero-order chi connectivity index (χ0) is 16.6. The predicted octanol–water partition coefficient (Wildman–Crippen LogP) is 6.25. The summed E-state index contributed by atoms with van der Waals surface area (Å²) in [5, 5.41) is 3.39. The monoisotopic (exact) mass is 311 g/mol. The summed E-state index contributed by atoms with van der Waals surface area (Å²) in [6.07, 6.45) is 8.34. The number of para-hydroxylation sites is 1. The Balaban J connectivity index is 1.73. The molecule has 0 saturated carbocycles. The van der Waals surface area contributed by atoms with Crippen LogP contribution in [0.5, 0.6) is 0 Å². The molecule has 1 N–H and O–H groups in total. The summed E-state index contributed by atoms with van der Waals surface area (Å²) in [4.78, 5) is 0. The van der Waals surface area contributed by atoms with Crippen molar-refractivity contribution in [2.24, 2.45) is 0 Å². The summed E-state index contributed by atoms with van der Waals surface area (Å²) >= 11 is 0. The van der Waals surface area contributed by atoms with Crippen LogP contribution in [0.2, 0.25) is 0 Å². The van der Waals surface area contributed by atoms with Gasteiger partial charge >= 0.3 is 0 Å². The second-order valence-corrected chi connectivity index (χ2v) is 5.72. The van der Waals surface area contributed by atoms with Gasteiger partial charge in [-0.15, -0.1) is 0 Å². The van der Waals surface area contributed by atoms with E-state index in [1.807, 2.05) is 18.3 Å². The molecule has 0 saturated heterocycles. The lowest BCUT2D eigenvalue weighted by Gasteiger charge is -2.05. The van der Waals surface area contributed by atoms with Gasteiger partial charge in [-0.1, -0.05) is 90.5 Å². The van der Waals surface area contributed by atoms with Gasteiger partial charge in [-0.2, -0.15) is 0 Å². The number of nitrogens with one attached hydrogen (secondary N) is 1. The summed E-state index contributed by atoms with van der Waals surface area (Å²) < 4.78 is 0. The van der Waals surface area contributed by atoms with Crippen LogP contribution in [0.4, 0.5) is 5.69 Å². The molecular weight excluding hydrogens is 290 g/mol. The predicted molar refractivity (Wildman–Crippen MR) is 106 cm³/mol. The number of anilines is 1. The van der Waals surface area contributed by atoms with Crippen LogP contribution < -0.4 is 5.32 Å². The van der Waals surface area contributed by atoms with E-state index >= 15 is 0 Å². The van der Waals surface area contributed by atoms with E-state index in [1.54, 1.807) is 0 Å². The van der Waals surface area contributed by atoms with Crippen molar-refractivity contribution in [2.75, 3.05) is 5.32 Å². The standard InChI is InChI=1S/C23H21N/c1-19-8-7-11-21(18-19)16-17-24-23-13-6-5-12-22(23)15-14-20-9-3-2-4-10-20/h2-18,24H,1H3. The molecule has 0 atom stereocenters. The first-order chi connectivity index (χ1) is 11.8. The number of hydrogen-bond donors (Lipinski definition) is 1. The Morgan fingerprint density at radius 1 is 0.667 bits per heavy atom. The molecule has 0 amide bonds. The summed E-state index contributed by atoms with van der Waals surface area (Å²) in [5.41, 5.74) is 5.91. The normalized spacial score (nSPS) is 11.2. The smallest absolute Gasteiger partial charge is 0.0453 e. The minimum absolute atomic E-state index is 1.09. The van der Waals surface area contributed by atoms with Crippen LogP contribution in [-0.2, 0) is 0 Å². The van der Waals surface area contributed by atoms with Gasteiger partial charge in [-0.3, -0.25) is 0 Å². The van der Waals surface area contributed by atoms with Gasteiger partial charge in [0.2, 0.25) is 0 Å². The minimum Gasteiger partial charge on any atom is -0.361 e. The second-order valence-electron chi connectivity index (χ2n) is 5.72. The highest BCUT2D eigenvalue weighted by molar-refractivity contribution is 5.77. The number of aryl methyl sites for hydroxylation is 1. The van der Waals surface area contributed by atoms with E-state index in [2.05, 4.69) is 97.2 Å². The Morgan fingerprint density at radius 2 is 1.42 bits per heavy atom. The van der Waals surface area contributed by atoms with Gasteiger partial charge in [0, 0.05) is 11.9 Å². The fourth-order valence-electron chi connectivity index (χ4n) is 2.53. The summed E-state index contributed by atoms with van der Waals surface area (Å²) in [6, 6.07) is 27.1. The highest BCUT2D eigenvalue weighted by Crippen LogP contribution is 2.18. The summed E-state index contributed by atoms with van der Waals surface area (Å²) in [6.45, 7) is 2.11. The van der Waals surface area contributed by atoms with Crippen LogP contribution in [-0.4, -0.2) is 0 Å². The van der Waals surface area contributed by atoms with Gasteiger partial charge in [-0.25, -0.2) is 0 Å². The third-order valence-corrected chi connectivity index (χ3v) is 3.77. The molecule has 0 fully saturated rings. The van der Waals surface area contributed by atoms with E-state index < -0.39 is 0 Å². The maximum Gasteiger partial charge on any atom is 0.0453 e. The van der Waals surface area contributed by atoms with Gasteiger partial charge < -0.3 is 5.32 Å². The molecule has 0 radical (unpaired) electrons. The van der Waals surface area contributed by atoms with Crippen LogP contribution in [0.15, 0.2) is 85.1 Å². The molecule has 0 aliphatic rings. The molecule has 0 aromatic heterocycles. The van der Waals surface area contributed by atoms with Crippen LogP contribution >= 0.6 is 0 Å². The van der Waals surface area contributed by atoms with Crippen LogP contribution in [0.1, 0.15) is 22.3 Å². The topological polar surface area (TPSA) is 12.0 Å². The lowest BCUT2D eigenvalue weighted by molar-refractivity contribution is 1.46. The van der Waals surface area contributed by atoms with Crippen molar-refractivity contribution in [2.45, 2.75) is 6.92 Å². The fraction of sp³-hybridized carbons (Fsp3) is 0.0435. The van der Waals surface area contributed by atoms with Crippen LogP contribution in [0.3, 0.4) is 0 Å². The zero-order valence-corrected chi connectivity index (χ0v) is 13.8.